The highest BCUT2D eigenvalue weighted by molar-refractivity contribution is 5.56. The largest absolute Gasteiger partial charge is 0.358 e. The van der Waals surface area contributed by atoms with E-state index in [4.69, 9.17) is 9.51 Å². The fraction of sp³-hybridized carbons (Fsp3) is 0.227. The van der Waals surface area contributed by atoms with Crippen molar-refractivity contribution in [3.05, 3.63) is 72.4 Å². The van der Waals surface area contributed by atoms with E-state index in [9.17, 15) is 0 Å². The van der Waals surface area contributed by atoms with Crippen LogP contribution in [0.4, 0.5) is 17.6 Å². The van der Waals surface area contributed by atoms with Crippen molar-refractivity contribution in [2.45, 2.75) is 25.8 Å². The molecule has 4 aromatic rings. The van der Waals surface area contributed by atoms with E-state index in [0.29, 0.717) is 11.8 Å². The Morgan fingerprint density at radius 3 is 2.63 bits per heavy atom. The van der Waals surface area contributed by atoms with Gasteiger partial charge in [-0.3, -0.25) is 4.98 Å². The normalized spacial score (nSPS) is 16.0. The Morgan fingerprint density at radius 1 is 0.967 bits per heavy atom. The third-order valence-electron chi connectivity index (χ3n) is 5.06. The number of nitrogens with zero attached hydrogens (tertiary/aromatic N) is 6. The molecule has 1 aliphatic rings. The molecule has 0 aliphatic carbocycles. The second kappa shape index (κ2) is 7.90. The second-order valence-electron chi connectivity index (χ2n) is 7.22. The Labute approximate surface area is 174 Å². The summed E-state index contributed by atoms with van der Waals surface area (Å²) in [6.07, 6.45) is 5.49. The van der Waals surface area contributed by atoms with E-state index in [0.717, 1.165) is 48.0 Å². The number of hydrogen-bond donors (Lipinski definition) is 1. The van der Waals surface area contributed by atoms with Gasteiger partial charge in [0.2, 0.25) is 5.95 Å². The Hall–Kier alpha value is -3.81. The lowest BCUT2D eigenvalue weighted by Gasteiger charge is -2.23. The summed E-state index contributed by atoms with van der Waals surface area (Å²) in [5, 5.41) is 7.48. The maximum atomic E-state index is 5.70. The minimum Gasteiger partial charge on any atom is -0.358 e. The number of anilines is 3. The van der Waals surface area contributed by atoms with Crippen LogP contribution in [-0.4, -0.2) is 31.6 Å². The Morgan fingerprint density at radius 2 is 1.83 bits per heavy atom. The van der Waals surface area contributed by atoms with Gasteiger partial charge in [-0.15, -0.1) is 0 Å². The van der Waals surface area contributed by atoms with Crippen LogP contribution in [0.25, 0.3) is 11.4 Å². The van der Waals surface area contributed by atoms with Gasteiger partial charge in [-0.1, -0.05) is 17.3 Å². The van der Waals surface area contributed by atoms with Gasteiger partial charge in [-0.25, -0.2) is 9.97 Å². The molecule has 0 amide bonds. The van der Waals surface area contributed by atoms with Crippen molar-refractivity contribution in [1.82, 2.24) is 25.1 Å². The zero-order chi connectivity index (χ0) is 20.3. The third kappa shape index (κ3) is 3.71. The highest BCUT2D eigenvalue weighted by Crippen LogP contribution is 2.36. The van der Waals surface area contributed by atoms with Crippen molar-refractivity contribution < 1.29 is 4.52 Å². The van der Waals surface area contributed by atoms with Gasteiger partial charge in [0.15, 0.2) is 5.76 Å². The molecule has 5 heterocycles. The molecule has 30 heavy (non-hydrogen) atoms. The summed E-state index contributed by atoms with van der Waals surface area (Å²) >= 11 is 0. The minimum absolute atomic E-state index is 0.0412. The van der Waals surface area contributed by atoms with Gasteiger partial charge in [-0.2, -0.15) is 4.98 Å². The number of rotatable bonds is 5. The predicted molar refractivity (Wildman–Crippen MR) is 113 cm³/mol. The van der Waals surface area contributed by atoms with Crippen LogP contribution in [0.2, 0.25) is 0 Å². The van der Waals surface area contributed by atoms with E-state index < -0.39 is 0 Å². The molecule has 4 aromatic heterocycles. The van der Waals surface area contributed by atoms with Crippen LogP contribution < -0.4 is 10.2 Å². The zero-order valence-corrected chi connectivity index (χ0v) is 16.6. The van der Waals surface area contributed by atoms with Crippen molar-refractivity contribution in [2.75, 3.05) is 16.8 Å². The van der Waals surface area contributed by atoms with Crippen LogP contribution >= 0.6 is 0 Å². The van der Waals surface area contributed by atoms with Crippen LogP contribution in [0.1, 0.15) is 30.3 Å². The molecule has 0 saturated carbocycles. The van der Waals surface area contributed by atoms with Crippen LogP contribution in [0, 0.1) is 6.92 Å². The average Bonchev–Trinajstić information content (AvgIpc) is 3.44. The summed E-state index contributed by atoms with van der Waals surface area (Å²) in [4.78, 5) is 20.3. The van der Waals surface area contributed by atoms with Crippen molar-refractivity contribution in [2.24, 2.45) is 0 Å². The molecular formula is C22H21N7O. The summed E-state index contributed by atoms with van der Waals surface area (Å²) in [7, 11) is 0. The quantitative estimate of drug-likeness (QED) is 0.530. The molecule has 1 saturated heterocycles. The smallest absolute Gasteiger partial charge is 0.228 e. The molecule has 0 unspecified atom stereocenters. The van der Waals surface area contributed by atoms with Crippen molar-refractivity contribution in [1.29, 1.82) is 0 Å². The van der Waals surface area contributed by atoms with E-state index in [-0.39, 0.29) is 6.04 Å². The van der Waals surface area contributed by atoms with Gasteiger partial charge in [0.05, 0.1) is 11.7 Å². The number of hydrogen-bond acceptors (Lipinski definition) is 8. The maximum absolute atomic E-state index is 5.70. The standard InChI is InChI=1S/C22H21N7O/c1-15-13-21(26-20-9-3-5-11-24-20)27-22(25-15)29-12-6-8-18(29)19-14-17(28-30-19)16-7-2-4-10-23-16/h2-5,7,9-11,13-14,18H,6,8,12H2,1H3,(H,24,25,26,27)/t18-/m0/s1. The van der Waals surface area contributed by atoms with Gasteiger partial charge in [0.1, 0.15) is 17.3 Å². The molecule has 150 valence electrons. The molecule has 8 nitrogen and oxygen atoms in total. The lowest BCUT2D eigenvalue weighted by molar-refractivity contribution is 0.362. The number of nitrogens with one attached hydrogen (secondary N) is 1. The molecule has 5 rings (SSSR count). The molecule has 1 atom stereocenters. The first-order valence-electron chi connectivity index (χ1n) is 9.95. The first-order valence-corrected chi connectivity index (χ1v) is 9.95. The fourth-order valence-corrected chi connectivity index (χ4v) is 3.70. The summed E-state index contributed by atoms with van der Waals surface area (Å²) < 4.78 is 5.70. The van der Waals surface area contributed by atoms with Crippen LogP contribution in [0.15, 0.2) is 65.4 Å². The summed E-state index contributed by atoms with van der Waals surface area (Å²) in [5.74, 6) is 2.94. The lowest BCUT2D eigenvalue weighted by atomic mass is 10.1. The molecule has 0 bridgehead atoms. The fourth-order valence-electron chi connectivity index (χ4n) is 3.70. The van der Waals surface area contributed by atoms with E-state index >= 15 is 0 Å². The third-order valence-corrected chi connectivity index (χ3v) is 5.06. The topological polar surface area (TPSA) is 92.9 Å². The summed E-state index contributed by atoms with van der Waals surface area (Å²) in [5.41, 5.74) is 2.42. The zero-order valence-electron chi connectivity index (χ0n) is 16.6. The molecule has 1 aliphatic heterocycles. The number of aromatic nitrogens is 5. The molecule has 0 aromatic carbocycles. The Bertz CT molecular complexity index is 1130. The first-order chi connectivity index (χ1) is 14.8. The van der Waals surface area contributed by atoms with Crippen LogP contribution in [0.5, 0.6) is 0 Å². The van der Waals surface area contributed by atoms with E-state index in [1.54, 1.807) is 12.4 Å². The molecular weight excluding hydrogens is 378 g/mol. The molecule has 0 radical (unpaired) electrons. The first kappa shape index (κ1) is 18.2. The predicted octanol–water partition coefficient (Wildman–Crippen LogP) is 4.32. The highest BCUT2D eigenvalue weighted by atomic mass is 16.5. The summed E-state index contributed by atoms with van der Waals surface area (Å²) in [6, 6.07) is 15.4. The van der Waals surface area contributed by atoms with Crippen LogP contribution in [-0.2, 0) is 0 Å². The van der Waals surface area contributed by atoms with Crippen molar-refractivity contribution in [3.8, 4) is 11.4 Å². The second-order valence-corrected chi connectivity index (χ2v) is 7.22. The number of pyridine rings is 2. The van der Waals surface area contributed by atoms with E-state index in [1.807, 2.05) is 55.5 Å². The molecule has 8 heteroatoms. The maximum Gasteiger partial charge on any atom is 0.228 e. The van der Waals surface area contributed by atoms with E-state index in [1.165, 1.54) is 0 Å². The molecule has 1 N–H and O–H groups in total. The number of aryl methyl sites for hydroxylation is 1. The Balaban J connectivity index is 1.42. The van der Waals surface area contributed by atoms with Gasteiger partial charge >= 0.3 is 0 Å². The Kier molecular flexibility index (Phi) is 4.80. The molecule has 0 spiro atoms. The van der Waals surface area contributed by atoms with Gasteiger partial charge in [0.25, 0.3) is 0 Å². The minimum atomic E-state index is 0.0412. The molecule has 1 fully saturated rings. The van der Waals surface area contributed by atoms with Gasteiger partial charge in [-0.05, 0) is 44.0 Å². The van der Waals surface area contributed by atoms with Gasteiger partial charge < -0.3 is 14.7 Å². The lowest BCUT2D eigenvalue weighted by Crippen LogP contribution is -2.25. The van der Waals surface area contributed by atoms with Crippen molar-refractivity contribution >= 4 is 17.6 Å². The SMILES string of the molecule is Cc1cc(Nc2ccccn2)nc(N2CCC[C@H]2c2cc(-c3ccccn3)no2)n1. The van der Waals surface area contributed by atoms with E-state index in [2.05, 4.69) is 30.3 Å². The average molecular weight is 399 g/mol. The van der Waals surface area contributed by atoms with Crippen LogP contribution in [0.3, 0.4) is 0 Å². The van der Waals surface area contributed by atoms with Gasteiger partial charge in [0, 0.05) is 36.8 Å². The monoisotopic (exact) mass is 399 g/mol. The summed E-state index contributed by atoms with van der Waals surface area (Å²) in [6.45, 7) is 2.82. The van der Waals surface area contributed by atoms with Crippen molar-refractivity contribution in [3.63, 3.8) is 0 Å². The highest BCUT2D eigenvalue weighted by Gasteiger charge is 2.31.